The fourth-order valence-electron chi connectivity index (χ4n) is 4.04. The van der Waals surface area contributed by atoms with Crippen molar-refractivity contribution in [2.24, 2.45) is 0 Å². The molecule has 1 amide bonds. The zero-order valence-corrected chi connectivity index (χ0v) is 24.8. The molecule has 7 nitrogen and oxygen atoms in total. The molecule has 2 aromatic heterocycles. The zero-order valence-electron chi connectivity index (χ0n) is 20.8. The highest BCUT2D eigenvalue weighted by Gasteiger charge is 2.16. The maximum absolute atomic E-state index is 13.1. The third kappa shape index (κ3) is 5.21. The molecule has 0 fully saturated rings. The smallest absolute Gasteiger partial charge is 0.274 e. The highest BCUT2D eigenvalue weighted by Crippen LogP contribution is 2.37. The van der Waals surface area contributed by atoms with Gasteiger partial charge in [-0.25, -0.2) is 9.38 Å². The van der Waals surface area contributed by atoms with Gasteiger partial charge in [0.2, 0.25) is 0 Å². The van der Waals surface area contributed by atoms with Crippen LogP contribution in [-0.4, -0.2) is 28.5 Å². The minimum atomic E-state index is -0.302. The molecule has 1 N–H and O–H groups in total. The van der Waals surface area contributed by atoms with E-state index in [1.165, 1.54) is 11.3 Å². The van der Waals surface area contributed by atoms with Crippen molar-refractivity contribution in [3.05, 3.63) is 89.1 Å². The Morgan fingerprint density at radius 3 is 2.63 bits per heavy atom. The Bertz CT molecular complexity index is 1810. The number of benzene rings is 3. The van der Waals surface area contributed by atoms with Crippen LogP contribution in [0.2, 0.25) is 0 Å². The van der Waals surface area contributed by atoms with Gasteiger partial charge < -0.3 is 14.8 Å². The molecule has 3 aromatic carbocycles. The van der Waals surface area contributed by atoms with E-state index in [4.69, 9.17) is 9.47 Å². The van der Waals surface area contributed by atoms with E-state index in [0.717, 1.165) is 32.2 Å². The number of hydrogen-bond donors (Lipinski definition) is 1. The number of ether oxygens (including phenoxy) is 2. The topological polar surface area (TPSA) is 81.9 Å². The molecule has 0 saturated carbocycles. The lowest BCUT2D eigenvalue weighted by Gasteiger charge is -2.15. The summed E-state index contributed by atoms with van der Waals surface area (Å²) in [4.78, 5) is 31.0. The summed E-state index contributed by atoms with van der Waals surface area (Å²) in [7, 11) is 0. The van der Waals surface area contributed by atoms with Crippen LogP contribution in [0.25, 0.3) is 22.1 Å². The van der Waals surface area contributed by atoms with Crippen LogP contribution in [0.15, 0.2) is 62.3 Å². The van der Waals surface area contributed by atoms with Crippen molar-refractivity contribution in [1.82, 2.24) is 9.38 Å². The Balaban J connectivity index is 1.41. The normalized spacial score (nSPS) is 11.9. The predicted molar refractivity (Wildman–Crippen MR) is 159 cm³/mol. The van der Waals surface area contributed by atoms with Crippen LogP contribution in [0, 0.1) is 13.8 Å². The van der Waals surface area contributed by atoms with Crippen molar-refractivity contribution in [2.75, 3.05) is 18.5 Å². The van der Waals surface area contributed by atoms with Crippen LogP contribution < -0.4 is 24.9 Å². The van der Waals surface area contributed by atoms with Crippen molar-refractivity contribution in [3.63, 3.8) is 0 Å². The molecular weight excluding hydrogens is 634 g/mol. The lowest BCUT2D eigenvalue weighted by atomic mass is 10.1. The Morgan fingerprint density at radius 1 is 1.08 bits per heavy atom. The number of halogens is 2. The van der Waals surface area contributed by atoms with E-state index in [2.05, 4.69) is 42.2 Å². The number of imidazole rings is 1. The number of aryl methyl sites for hydroxylation is 2. The molecule has 0 unspecified atom stereocenters. The van der Waals surface area contributed by atoms with Crippen molar-refractivity contribution >= 4 is 76.9 Å². The number of thiazole rings is 1. The van der Waals surface area contributed by atoms with E-state index in [0.29, 0.717) is 37.8 Å². The Hall–Kier alpha value is -3.21. The van der Waals surface area contributed by atoms with Gasteiger partial charge in [-0.15, -0.1) is 0 Å². The van der Waals surface area contributed by atoms with E-state index in [-0.39, 0.29) is 18.1 Å². The number of amides is 1. The molecule has 0 aliphatic rings. The summed E-state index contributed by atoms with van der Waals surface area (Å²) in [6.07, 6.45) is 1.80. The third-order valence-electron chi connectivity index (χ3n) is 5.98. The first-order chi connectivity index (χ1) is 18.2. The molecule has 0 atom stereocenters. The number of anilines is 1. The molecule has 10 heteroatoms. The molecule has 0 spiro atoms. The van der Waals surface area contributed by atoms with Crippen LogP contribution in [-0.2, 0) is 4.79 Å². The number of nitrogens with one attached hydrogen (secondary N) is 1. The van der Waals surface area contributed by atoms with Gasteiger partial charge in [-0.1, -0.05) is 23.5 Å². The summed E-state index contributed by atoms with van der Waals surface area (Å²) in [6.45, 7) is 6.07. The number of aromatic nitrogens is 2. The molecule has 0 saturated heterocycles. The number of hydrogen-bond acceptors (Lipinski definition) is 6. The molecule has 5 aromatic rings. The molecule has 0 radical (unpaired) electrons. The van der Waals surface area contributed by atoms with Crippen LogP contribution >= 0.6 is 43.2 Å². The summed E-state index contributed by atoms with van der Waals surface area (Å²) < 4.78 is 15.3. The first-order valence-corrected chi connectivity index (χ1v) is 14.2. The Kier molecular flexibility index (Phi) is 7.56. The molecule has 5 rings (SSSR count). The average molecular weight is 657 g/mol. The van der Waals surface area contributed by atoms with E-state index >= 15 is 0 Å². The Morgan fingerprint density at radius 2 is 1.84 bits per heavy atom. The molecule has 0 aliphatic carbocycles. The van der Waals surface area contributed by atoms with Gasteiger partial charge in [-0.2, -0.15) is 0 Å². The molecular formula is C28H23Br2N3O4S. The van der Waals surface area contributed by atoms with E-state index in [1.807, 2.05) is 63.2 Å². The van der Waals surface area contributed by atoms with Crippen LogP contribution in [0.4, 0.5) is 5.69 Å². The molecule has 0 bridgehead atoms. The fourth-order valence-corrected chi connectivity index (χ4v) is 6.16. The first-order valence-electron chi connectivity index (χ1n) is 11.8. The molecule has 2 heterocycles. The van der Waals surface area contributed by atoms with Crippen molar-refractivity contribution in [2.45, 2.75) is 20.8 Å². The summed E-state index contributed by atoms with van der Waals surface area (Å²) in [5, 5.41) is 2.88. The largest absolute Gasteiger partial charge is 0.490 e. The fraction of sp³-hybridized carbons (Fsp3) is 0.179. The van der Waals surface area contributed by atoms with Gasteiger partial charge in [0.15, 0.2) is 23.1 Å². The quantitative estimate of drug-likeness (QED) is 0.232. The van der Waals surface area contributed by atoms with E-state index < -0.39 is 0 Å². The predicted octanol–water partition coefficient (Wildman–Crippen LogP) is 6.01. The number of carbonyl (C=O) groups excluding carboxylic acids is 1. The lowest BCUT2D eigenvalue weighted by Crippen LogP contribution is -2.22. The second-order valence-corrected chi connectivity index (χ2v) is 11.4. The number of fused-ring (bicyclic) bond motifs is 3. The van der Waals surface area contributed by atoms with Gasteiger partial charge in [0.1, 0.15) is 0 Å². The molecule has 194 valence electrons. The number of para-hydroxylation sites is 2. The van der Waals surface area contributed by atoms with Crippen molar-refractivity contribution in [3.8, 4) is 11.5 Å². The zero-order chi connectivity index (χ0) is 27.0. The standard InChI is InChI=1S/C28H23Br2N3O4S/c1-4-36-23-12-17(13-24-27(35)33-22-8-6-5-7-20(22)32-28(33)38-24)11-19(30)26(23)37-14-25(34)31-21-10-16(3)15(2)9-18(21)29/h5-13H,4,14H2,1-3H3,(H,31,34)/b24-13-. The number of carbonyl (C=O) groups is 1. The van der Waals surface area contributed by atoms with Gasteiger partial charge in [0.05, 0.1) is 32.3 Å². The van der Waals surface area contributed by atoms with Gasteiger partial charge in [0.25, 0.3) is 11.5 Å². The highest BCUT2D eigenvalue weighted by molar-refractivity contribution is 9.11. The maximum Gasteiger partial charge on any atom is 0.274 e. The monoisotopic (exact) mass is 655 g/mol. The van der Waals surface area contributed by atoms with Crippen LogP contribution in [0.3, 0.4) is 0 Å². The van der Waals surface area contributed by atoms with Gasteiger partial charge in [-0.05, 0) is 112 Å². The number of rotatable bonds is 7. The SMILES string of the molecule is CCOc1cc(/C=c2\sc3nc4ccccc4n3c2=O)cc(Br)c1OCC(=O)Nc1cc(C)c(C)cc1Br. The number of nitrogens with zero attached hydrogens (tertiary/aromatic N) is 2. The maximum atomic E-state index is 13.1. The summed E-state index contributed by atoms with van der Waals surface area (Å²) in [5.74, 6) is 0.573. The minimum Gasteiger partial charge on any atom is -0.490 e. The van der Waals surface area contributed by atoms with Crippen molar-refractivity contribution in [1.29, 1.82) is 0 Å². The highest BCUT2D eigenvalue weighted by atomic mass is 79.9. The van der Waals surface area contributed by atoms with E-state index in [9.17, 15) is 9.59 Å². The van der Waals surface area contributed by atoms with Gasteiger partial charge in [0, 0.05) is 4.47 Å². The first kappa shape index (κ1) is 26.4. The molecule has 0 aliphatic heterocycles. The average Bonchev–Trinajstić information content (AvgIpc) is 3.38. The van der Waals surface area contributed by atoms with E-state index in [1.54, 1.807) is 16.5 Å². The minimum absolute atomic E-state index is 0.123. The van der Waals surface area contributed by atoms with Crippen LogP contribution in [0.1, 0.15) is 23.6 Å². The third-order valence-corrected chi connectivity index (χ3v) is 8.19. The van der Waals surface area contributed by atoms with Gasteiger partial charge in [-0.3, -0.25) is 9.59 Å². The van der Waals surface area contributed by atoms with Gasteiger partial charge >= 0.3 is 0 Å². The second-order valence-electron chi connectivity index (χ2n) is 8.65. The summed E-state index contributed by atoms with van der Waals surface area (Å²) in [6, 6.07) is 15.1. The van der Waals surface area contributed by atoms with Crippen LogP contribution in [0.5, 0.6) is 11.5 Å². The molecule has 38 heavy (non-hydrogen) atoms. The lowest BCUT2D eigenvalue weighted by molar-refractivity contribution is -0.118. The summed E-state index contributed by atoms with van der Waals surface area (Å²) in [5.41, 5.74) is 5.09. The second kappa shape index (κ2) is 10.9. The Labute approximate surface area is 239 Å². The summed E-state index contributed by atoms with van der Waals surface area (Å²) >= 11 is 8.38. The van der Waals surface area contributed by atoms with Crippen molar-refractivity contribution < 1.29 is 14.3 Å².